The third-order valence-corrected chi connectivity index (χ3v) is 5.89. The maximum absolute atomic E-state index is 2.43. The van der Waals surface area contributed by atoms with Crippen molar-refractivity contribution in [3.05, 3.63) is 107 Å². The summed E-state index contributed by atoms with van der Waals surface area (Å²) in [5.74, 6) is 0. The van der Waals surface area contributed by atoms with Crippen LogP contribution in [0.5, 0.6) is 0 Å². The molecule has 28 heavy (non-hydrogen) atoms. The van der Waals surface area contributed by atoms with Crippen molar-refractivity contribution in [2.75, 3.05) is 0 Å². The third kappa shape index (κ3) is 2.35. The molecule has 2 aromatic heterocycles. The molecular weight excluding hydrogens is 340 g/mol. The summed E-state index contributed by atoms with van der Waals surface area (Å²) >= 11 is 0. The van der Waals surface area contributed by atoms with Crippen LogP contribution in [-0.2, 0) is 13.1 Å². The Morgan fingerprint density at radius 3 is 1.43 bits per heavy atom. The van der Waals surface area contributed by atoms with Gasteiger partial charge in [-0.15, -0.1) is 0 Å². The van der Waals surface area contributed by atoms with Gasteiger partial charge in [0.2, 0.25) is 0 Å². The smallest absolute Gasteiger partial charge is 0.0488 e. The fourth-order valence-electron chi connectivity index (χ4n) is 4.47. The zero-order valence-electron chi connectivity index (χ0n) is 15.5. The Morgan fingerprint density at radius 2 is 0.929 bits per heavy atom. The lowest BCUT2D eigenvalue weighted by Crippen LogP contribution is -2.09. The highest BCUT2D eigenvalue weighted by molar-refractivity contribution is 5.88. The maximum atomic E-state index is 2.43. The van der Waals surface area contributed by atoms with Crippen LogP contribution in [0.25, 0.3) is 34.0 Å². The van der Waals surface area contributed by atoms with E-state index >= 15 is 0 Å². The number of fused-ring (bicyclic) bond motifs is 7. The highest BCUT2D eigenvalue weighted by Crippen LogP contribution is 2.28. The van der Waals surface area contributed by atoms with E-state index in [1.54, 1.807) is 0 Å². The van der Waals surface area contributed by atoms with Gasteiger partial charge in [-0.3, -0.25) is 0 Å². The van der Waals surface area contributed by atoms with Gasteiger partial charge < -0.3 is 9.13 Å². The van der Waals surface area contributed by atoms with Crippen molar-refractivity contribution in [2.45, 2.75) is 13.1 Å². The topological polar surface area (TPSA) is 9.86 Å². The Labute approximate surface area is 164 Å². The van der Waals surface area contributed by atoms with Crippen LogP contribution in [0.15, 0.2) is 84.9 Å². The summed E-state index contributed by atoms with van der Waals surface area (Å²) in [7, 11) is 0. The summed E-state index contributed by atoms with van der Waals surface area (Å²) in [6, 6.07) is 30.8. The van der Waals surface area contributed by atoms with Crippen LogP contribution in [0.1, 0.15) is 22.5 Å². The van der Waals surface area contributed by atoms with Gasteiger partial charge in [0.15, 0.2) is 0 Å². The Bertz CT molecular complexity index is 1260. The second-order valence-electron chi connectivity index (χ2n) is 7.53. The van der Waals surface area contributed by atoms with Gasteiger partial charge in [-0.05, 0) is 47.5 Å². The second-order valence-corrected chi connectivity index (χ2v) is 7.53. The zero-order chi connectivity index (χ0) is 18.5. The van der Waals surface area contributed by atoms with Crippen molar-refractivity contribution in [3.63, 3.8) is 0 Å². The van der Waals surface area contributed by atoms with E-state index in [0.29, 0.717) is 0 Å². The molecule has 0 saturated carbocycles. The summed E-state index contributed by atoms with van der Waals surface area (Å²) < 4.78 is 4.87. The van der Waals surface area contributed by atoms with Crippen LogP contribution in [0.2, 0.25) is 0 Å². The van der Waals surface area contributed by atoms with Crippen LogP contribution < -0.4 is 0 Å². The highest BCUT2D eigenvalue weighted by atomic mass is 15.0. The lowest BCUT2D eigenvalue weighted by atomic mass is 10.1. The van der Waals surface area contributed by atoms with Crippen molar-refractivity contribution in [1.29, 1.82) is 0 Å². The second kappa shape index (κ2) is 6.00. The molecule has 0 unspecified atom stereocenters. The molecule has 0 N–H and O–H groups in total. The van der Waals surface area contributed by atoms with Crippen molar-refractivity contribution in [3.8, 4) is 0 Å². The quantitative estimate of drug-likeness (QED) is 0.306. The fourth-order valence-corrected chi connectivity index (χ4v) is 4.47. The van der Waals surface area contributed by atoms with Gasteiger partial charge in [0, 0.05) is 46.3 Å². The molecule has 6 rings (SSSR count). The first kappa shape index (κ1) is 15.5. The summed E-state index contributed by atoms with van der Waals surface area (Å²) in [6.07, 6.45) is 4.53. The number of rotatable bonds is 0. The summed E-state index contributed by atoms with van der Waals surface area (Å²) in [5.41, 5.74) is 7.83. The van der Waals surface area contributed by atoms with Gasteiger partial charge in [-0.1, -0.05) is 60.7 Å². The van der Waals surface area contributed by atoms with Crippen LogP contribution in [0.3, 0.4) is 0 Å². The first-order valence-electron chi connectivity index (χ1n) is 9.78. The molecule has 0 spiro atoms. The number of hydrogen-bond donors (Lipinski definition) is 0. The average Bonchev–Trinajstić information content (AvgIpc) is 3.26. The number of aromatic nitrogens is 2. The third-order valence-electron chi connectivity index (χ3n) is 5.89. The Morgan fingerprint density at radius 1 is 0.500 bits per heavy atom. The van der Waals surface area contributed by atoms with Crippen LogP contribution in [0, 0.1) is 0 Å². The van der Waals surface area contributed by atoms with E-state index in [-0.39, 0.29) is 0 Å². The molecule has 0 radical (unpaired) electrons. The van der Waals surface area contributed by atoms with E-state index in [2.05, 4.69) is 106 Å². The summed E-state index contributed by atoms with van der Waals surface area (Å²) in [4.78, 5) is 0. The molecule has 0 amide bonds. The van der Waals surface area contributed by atoms with Crippen LogP contribution in [0.4, 0.5) is 0 Å². The summed E-state index contributed by atoms with van der Waals surface area (Å²) in [5, 5.41) is 2.58. The van der Waals surface area contributed by atoms with E-state index in [0.717, 1.165) is 13.1 Å². The van der Waals surface area contributed by atoms with E-state index < -0.39 is 0 Å². The van der Waals surface area contributed by atoms with Gasteiger partial charge in [-0.2, -0.15) is 0 Å². The van der Waals surface area contributed by atoms with Crippen LogP contribution >= 0.6 is 0 Å². The minimum atomic E-state index is 0.887. The standard InChI is InChI=1S/C26H20N2/c1-2-10-22-18-28-24(16-20-8-4-6-12-26(20)28)14-13-23-15-19-7-3-5-11-25(19)27(23)17-21(22)9-1/h1-16H,17-18H2/b14-13-. The molecule has 0 aliphatic carbocycles. The fraction of sp³-hybridized carbons (Fsp3) is 0.0769. The molecule has 134 valence electrons. The van der Waals surface area contributed by atoms with E-state index in [1.807, 2.05) is 0 Å². The molecule has 2 nitrogen and oxygen atoms in total. The first-order valence-corrected chi connectivity index (χ1v) is 9.78. The maximum Gasteiger partial charge on any atom is 0.0488 e. The number of para-hydroxylation sites is 2. The zero-order valence-corrected chi connectivity index (χ0v) is 15.5. The molecule has 5 aromatic rings. The molecule has 3 heterocycles. The minimum absolute atomic E-state index is 0.887. The molecule has 1 aliphatic heterocycles. The van der Waals surface area contributed by atoms with Crippen molar-refractivity contribution in [1.82, 2.24) is 9.13 Å². The van der Waals surface area contributed by atoms with E-state index in [1.165, 1.54) is 44.3 Å². The van der Waals surface area contributed by atoms with Gasteiger partial charge in [0.1, 0.15) is 0 Å². The number of hydrogen-bond acceptors (Lipinski definition) is 0. The minimum Gasteiger partial charge on any atom is -0.336 e. The molecular formula is C26H20N2. The largest absolute Gasteiger partial charge is 0.336 e. The lowest BCUT2D eigenvalue weighted by Gasteiger charge is -2.17. The molecule has 0 fully saturated rings. The normalized spacial score (nSPS) is 14.4. The van der Waals surface area contributed by atoms with Gasteiger partial charge in [0.05, 0.1) is 0 Å². The van der Waals surface area contributed by atoms with E-state index in [9.17, 15) is 0 Å². The molecule has 0 bridgehead atoms. The number of benzene rings is 3. The first-order chi connectivity index (χ1) is 13.9. The molecule has 2 heteroatoms. The monoisotopic (exact) mass is 360 g/mol. The molecule has 0 atom stereocenters. The Balaban J connectivity index is 1.67. The molecule has 0 saturated heterocycles. The SMILES string of the molecule is C1=C\c2cc3ccccc3n2Cc2ccccc2Cn2c/1cc1ccccc12. The Hall–Kier alpha value is -3.52. The predicted molar refractivity (Wildman–Crippen MR) is 117 cm³/mol. The number of nitrogens with zero attached hydrogens (tertiary/aromatic N) is 2. The van der Waals surface area contributed by atoms with Gasteiger partial charge in [0.25, 0.3) is 0 Å². The van der Waals surface area contributed by atoms with Crippen molar-refractivity contribution >= 4 is 34.0 Å². The van der Waals surface area contributed by atoms with Gasteiger partial charge >= 0.3 is 0 Å². The molecule has 3 aromatic carbocycles. The highest BCUT2D eigenvalue weighted by Gasteiger charge is 2.14. The lowest BCUT2D eigenvalue weighted by molar-refractivity contribution is 0.772. The van der Waals surface area contributed by atoms with E-state index in [4.69, 9.17) is 0 Å². The van der Waals surface area contributed by atoms with Crippen molar-refractivity contribution < 1.29 is 0 Å². The molecule has 1 aliphatic rings. The van der Waals surface area contributed by atoms with Crippen molar-refractivity contribution in [2.24, 2.45) is 0 Å². The Kier molecular flexibility index (Phi) is 3.33. The van der Waals surface area contributed by atoms with Crippen LogP contribution in [-0.4, -0.2) is 9.13 Å². The average molecular weight is 360 g/mol. The predicted octanol–water partition coefficient (Wildman–Crippen LogP) is 6.18. The van der Waals surface area contributed by atoms with Gasteiger partial charge in [-0.25, -0.2) is 0 Å². The summed E-state index contributed by atoms with van der Waals surface area (Å²) in [6.45, 7) is 1.77.